The summed E-state index contributed by atoms with van der Waals surface area (Å²) in [7, 11) is 0. The number of ether oxygens (including phenoxy) is 1. The summed E-state index contributed by atoms with van der Waals surface area (Å²) in [5.74, 6) is -1.20. The summed E-state index contributed by atoms with van der Waals surface area (Å²) in [6, 6.07) is 9.22. The third kappa shape index (κ3) is 4.27. The van der Waals surface area contributed by atoms with Crippen molar-refractivity contribution >= 4 is 17.0 Å². The highest BCUT2D eigenvalue weighted by Gasteiger charge is 2.19. The molecule has 0 saturated heterocycles. The van der Waals surface area contributed by atoms with Gasteiger partial charge in [0, 0.05) is 0 Å². The van der Waals surface area contributed by atoms with E-state index in [2.05, 4.69) is 0 Å². The van der Waals surface area contributed by atoms with Crippen molar-refractivity contribution in [1.29, 1.82) is 0 Å². The molecule has 128 valence electrons. The van der Waals surface area contributed by atoms with Crippen LogP contribution < -0.4 is 0 Å². The van der Waals surface area contributed by atoms with Crippen LogP contribution in [-0.2, 0) is 15.8 Å². The maximum Gasteiger partial charge on any atom is 0.338 e. The van der Waals surface area contributed by atoms with E-state index in [9.17, 15) is 17.9 Å². The van der Waals surface area contributed by atoms with Gasteiger partial charge in [-0.1, -0.05) is 12.1 Å². The van der Waals surface area contributed by atoms with Crippen LogP contribution in [0.1, 0.15) is 36.7 Å². The van der Waals surface area contributed by atoms with Crippen LogP contribution in [0.25, 0.3) is 11.1 Å². The number of rotatable bonds is 3. The van der Waals surface area contributed by atoms with E-state index in [0.29, 0.717) is 22.3 Å². The van der Waals surface area contributed by atoms with Crippen LogP contribution in [0.5, 0.6) is 0 Å². The lowest BCUT2D eigenvalue weighted by molar-refractivity contribution is 0.00695. The van der Waals surface area contributed by atoms with E-state index in [1.165, 1.54) is 12.1 Å². The summed E-state index contributed by atoms with van der Waals surface area (Å²) in [4.78, 5) is 11.9. The number of halogens is 1. The first-order chi connectivity index (χ1) is 11.1. The Hall–Kier alpha value is -2.05. The lowest BCUT2D eigenvalue weighted by Gasteiger charge is -2.19. The summed E-state index contributed by atoms with van der Waals surface area (Å²) < 4.78 is 39.5. The number of hydrogen-bond acceptors (Lipinski definition) is 3. The zero-order chi connectivity index (χ0) is 18.1. The van der Waals surface area contributed by atoms with Gasteiger partial charge in [0.15, 0.2) is 11.1 Å². The minimum atomic E-state index is -2.43. The second-order valence-corrected chi connectivity index (χ2v) is 7.37. The predicted octanol–water partition coefficient (Wildman–Crippen LogP) is 4.34. The van der Waals surface area contributed by atoms with E-state index < -0.39 is 28.5 Å². The fourth-order valence-electron chi connectivity index (χ4n) is 2.25. The Balaban J connectivity index is 2.47. The first kappa shape index (κ1) is 18.3. The predicted molar refractivity (Wildman–Crippen MR) is 90.8 cm³/mol. The molecule has 1 N–H and O–H groups in total. The zero-order valence-corrected chi connectivity index (χ0v) is 14.7. The van der Waals surface area contributed by atoms with Gasteiger partial charge in [0.2, 0.25) is 0 Å². The highest BCUT2D eigenvalue weighted by molar-refractivity contribution is 7.79. The van der Waals surface area contributed by atoms with Crippen LogP contribution >= 0.6 is 0 Å². The van der Waals surface area contributed by atoms with Gasteiger partial charge in [-0.3, -0.25) is 0 Å². The smallest absolute Gasteiger partial charge is 0.338 e. The summed E-state index contributed by atoms with van der Waals surface area (Å²) in [6.07, 6.45) is 0. The molecule has 0 aliphatic heterocycles. The molecule has 6 heteroatoms. The molecule has 0 bridgehead atoms. The largest absolute Gasteiger partial charge is 0.456 e. The normalized spacial score (nSPS) is 12.8. The quantitative estimate of drug-likeness (QED) is 0.661. The van der Waals surface area contributed by atoms with Gasteiger partial charge >= 0.3 is 5.97 Å². The first-order valence-corrected chi connectivity index (χ1v) is 8.44. The molecule has 2 aromatic rings. The Kier molecular flexibility index (Phi) is 5.20. The molecule has 0 saturated carbocycles. The van der Waals surface area contributed by atoms with Crippen LogP contribution in [0.15, 0.2) is 41.3 Å². The van der Waals surface area contributed by atoms with Crippen molar-refractivity contribution in [2.75, 3.05) is 0 Å². The summed E-state index contributed by atoms with van der Waals surface area (Å²) in [5.41, 5.74) is 1.57. The monoisotopic (exact) mass is 350 g/mol. The van der Waals surface area contributed by atoms with Gasteiger partial charge in [-0.25, -0.2) is 13.4 Å². The molecule has 0 amide bonds. The van der Waals surface area contributed by atoms with E-state index in [4.69, 9.17) is 4.74 Å². The second kappa shape index (κ2) is 6.83. The van der Waals surface area contributed by atoms with Crippen LogP contribution in [-0.4, -0.2) is 20.3 Å². The molecule has 2 aromatic carbocycles. The van der Waals surface area contributed by atoms with Crippen molar-refractivity contribution in [2.24, 2.45) is 0 Å². The zero-order valence-electron chi connectivity index (χ0n) is 13.9. The van der Waals surface area contributed by atoms with Crippen molar-refractivity contribution < 1.29 is 22.7 Å². The van der Waals surface area contributed by atoms with Crippen molar-refractivity contribution in [1.82, 2.24) is 0 Å². The van der Waals surface area contributed by atoms with Crippen molar-refractivity contribution in [3.05, 3.63) is 53.3 Å². The Bertz CT molecular complexity index is 809. The third-order valence-corrected chi connectivity index (χ3v) is 3.96. The van der Waals surface area contributed by atoms with Gasteiger partial charge in [-0.15, -0.1) is 0 Å². The van der Waals surface area contributed by atoms with Crippen LogP contribution in [0, 0.1) is 12.7 Å². The molecule has 0 spiro atoms. The van der Waals surface area contributed by atoms with Crippen molar-refractivity contribution in [3.63, 3.8) is 0 Å². The third-order valence-electron chi connectivity index (χ3n) is 3.28. The first-order valence-electron chi connectivity index (χ1n) is 7.33. The van der Waals surface area contributed by atoms with Crippen LogP contribution in [0.2, 0.25) is 0 Å². The Morgan fingerprint density at radius 3 is 2.46 bits per heavy atom. The Morgan fingerprint density at radius 1 is 1.21 bits per heavy atom. The molecule has 4 nitrogen and oxygen atoms in total. The number of esters is 1. The highest BCUT2D eigenvalue weighted by atomic mass is 32.2. The maximum atomic E-state index is 13.8. The van der Waals surface area contributed by atoms with E-state index in [0.717, 1.165) is 0 Å². The van der Waals surface area contributed by atoms with Crippen molar-refractivity contribution in [3.8, 4) is 11.1 Å². The number of hydrogen-bond donors (Lipinski definition) is 1. The molecule has 0 aliphatic rings. The number of benzene rings is 2. The molecular formula is C18H19FO4S. The molecule has 0 aromatic heterocycles. The number of aryl methyl sites for hydroxylation is 1. The van der Waals surface area contributed by atoms with Gasteiger partial charge in [0.05, 0.1) is 5.56 Å². The summed E-state index contributed by atoms with van der Waals surface area (Å²) in [5, 5.41) is 0. The fourth-order valence-corrected chi connectivity index (χ4v) is 2.69. The summed E-state index contributed by atoms with van der Waals surface area (Å²) in [6.45, 7) is 7.04. The average molecular weight is 350 g/mol. The van der Waals surface area contributed by atoms with Gasteiger partial charge < -0.3 is 9.29 Å². The molecule has 1 unspecified atom stereocenters. The number of carbonyl (C=O) groups excluding carboxylic acids is 1. The van der Waals surface area contributed by atoms with Gasteiger partial charge in [-0.05, 0) is 68.7 Å². The molecule has 0 fully saturated rings. The molecule has 0 heterocycles. The lowest BCUT2D eigenvalue weighted by atomic mass is 9.98. The molecule has 24 heavy (non-hydrogen) atoms. The molecular weight excluding hydrogens is 331 g/mol. The average Bonchev–Trinajstić information content (AvgIpc) is 2.45. The van der Waals surface area contributed by atoms with Gasteiger partial charge in [0.25, 0.3) is 0 Å². The second-order valence-electron chi connectivity index (χ2n) is 6.43. The fraction of sp³-hybridized carbons (Fsp3) is 0.278. The van der Waals surface area contributed by atoms with Crippen LogP contribution in [0.4, 0.5) is 4.39 Å². The Labute approximate surface area is 142 Å². The lowest BCUT2D eigenvalue weighted by Crippen LogP contribution is -2.23. The SMILES string of the molecule is Cc1cc(F)c(S(=O)O)cc1-c1cccc(C(=O)OC(C)(C)C)c1. The minimum Gasteiger partial charge on any atom is -0.456 e. The van der Waals surface area contributed by atoms with Gasteiger partial charge in [0.1, 0.15) is 16.3 Å². The molecule has 0 radical (unpaired) electrons. The van der Waals surface area contributed by atoms with E-state index >= 15 is 0 Å². The van der Waals surface area contributed by atoms with E-state index in [-0.39, 0.29) is 4.90 Å². The summed E-state index contributed by atoms with van der Waals surface area (Å²) >= 11 is -2.43. The van der Waals surface area contributed by atoms with Gasteiger partial charge in [-0.2, -0.15) is 0 Å². The molecule has 0 aliphatic carbocycles. The van der Waals surface area contributed by atoms with E-state index in [1.807, 2.05) is 0 Å². The van der Waals surface area contributed by atoms with Crippen molar-refractivity contribution in [2.45, 2.75) is 38.2 Å². The Morgan fingerprint density at radius 2 is 1.88 bits per heavy atom. The standard InChI is InChI=1S/C18H19FO4S/c1-11-8-15(19)16(24(21)22)10-14(11)12-6-5-7-13(9-12)17(20)23-18(2,3)4/h5-10H,1-4H3,(H,21,22). The minimum absolute atomic E-state index is 0.293. The maximum absolute atomic E-state index is 13.8. The topological polar surface area (TPSA) is 63.6 Å². The molecule has 2 rings (SSSR count). The van der Waals surface area contributed by atoms with Crippen LogP contribution in [0.3, 0.4) is 0 Å². The molecule has 1 atom stereocenters. The van der Waals surface area contributed by atoms with E-state index in [1.54, 1.807) is 52.0 Å². The highest BCUT2D eigenvalue weighted by Crippen LogP contribution is 2.28. The number of carbonyl (C=O) groups is 1.